The second-order valence-electron chi connectivity index (χ2n) is 4.35. The summed E-state index contributed by atoms with van der Waals surface area (Å²) in [6.45, 7) is 1.97. The highest BCUT2D eigenvalue weighted by Crippen LogP contribution is 2.26. The highest BCUT2D eigenvalue weighted by molar-refractivity contribution is 5.92. The average molecular weight is 294 g/mol. The smallest absolute Gasteiger partial charge is 0.363 e. The lowest BCUT2D eigenvalue weighted by Crippen LogP contribution is -2.33. The van der Waals surface area contributed by atoms with E-state index in [2.05, 4.69) is 5.32 Å². The van der Waals surface area contributed by atoms with Gasteiger partial charge < -0.3 is 24.7 Å². The zero-order chi connectivity index (χ0) is 15.4. The normalized spacial score (nSPS) is 20.9. The number of aliphatic hydroxyl groups is 1. The van der Waals surface area contributed by atoms with Crippen LogP contribution in [-0.2, 0) is 14.4 Å². The van der Waals surface area contributed by atoms with Crippen molar-refractivity contribution in [3.05, 3.63) is 35.8 Å². The minimum atomic E-state index is -0.644. The molecule has 7 heteroatoms. The Morgan fingerprint density at radius 2 is 2.10 bits per heavy atom. The largest absolute Gasteiger partial charge is 0.497 e. The van der Waals surface area contributed by atoms with E-state index in [4.69, 9.17) is 14.3 Å². The van der Waals surface area contributed by atoms with E-state index < -0.39 is 18.1 Å². The lowest BCUT2D eigenvalue weighted by Gasteiger charge is -2.19. The third kappa shape index (κ3) is 3.19. The molecule has 1 heterocycles. The second kappa shape index (κ2) is 6.36. The van der Waals surface area contributed by atoms with Gasteiger partial charge in [-0.25, -0.2) is 4.79 Å². The molecule has 0 spiro atoms. The molecule has 1 aliphatic rings. The van der Waals surface area contributed by atoms with Crippen LogP contribution in [0.5, 0.6) is 5.75 Å². The van der Waals surface area contributed by atoms with Crippen molar-refractivity contribution < 1.29 is 24.2 Å². The van der Waals surface area contributed by atoms with Gasteiger partial charge in [0.1, 0.15) is 5.75 Å². The predicted molar refractivity (Wildman–Crippen MR) is 75.5 cm³/mol. The molecule has 21 heavy (non-hydrogen) atoms. The summed E-state index contributed by atoms with van der Waals surface area (Å²) in [7, 11) is 3.17. The van der Waals surface area contributed by atoms with Gasteiger partial charge in [-0.05, 0) is 31.2 Å². The maximum absolute atomic E-state index is 11.8. The monoisotopic (exact) mass is 294 g/mol. The Morgan fingerprint density at radius 1 is 1.43 bits per heavy atom. The summed E-state index contributed by atoms with van der Waals surface area (Å²) in [5, 5.41) is 14.2. The number of carbonyl (C=O) groups is 1. The number of likely N-dealkylation sites (N-methyl/N-ethyl adjacent to an activating group) is 1. The van der Waals surface area contributed by atoms with Crippen LogP contribution >= 0.6 is 0 Å². The maximum atomic E-state index is 11.8. The van der Waals surface area contributed by atoms with E-state index >= 15 is 0 Å². The molecule has 1 aromatic rings. The molecule has 0 amide bonds. The van der Waals surface area contributed by atoms with Crippen molar-refractivity contribution >= 4 is 11.7 Å². The number of benzene rings is 1. The summed E-state index contributed by atoms with van der Waals surface area (Å²) in [5.41, 5.74) is 0.780. The van der Waals surface area contributed by atoms with Crippen molar-refractivity contribution in [2.75, 3.05) is 26.1 Å². The van der Waals surface area contributed by atoms with E-state index in [-0.39, 0.29) is 12.2 Å². The molecule has 0 bridgehead atoms. The number of carbonyl (C=O) groups excluding carboxylic acids is 1. The van der Waals surface area contributed by atoms with Gasteiger partial charge in [-0.1, -0.05) is 0 Å². The first-order valence-electron chi connectivity index (χ1n) is 6.48. The van der Waals surface area contributed by atoms with E-state index in [9.17, 15) is 9.90 Å². The number of ether oxygens (including phenoxy) is 2. The average Bonchev–Trinajstić information content (AvgIpc) is 2.74. The Morgan fingerprint density at radius 3 is 2.67 bits per heavy atom. The fraction of sp³-hybridized carbons (Fsp3) is 0.357. The minimum absolute atomic E-state index is 0.0372. The highest BCUT2D eigenvalue weighted by Gasteiger charge is 2.40. The van der Waals surface area contributed by atoms with Crippen LogP contribution in [0.4, 0.5) is 5.69 Å². The molecule has 114 valence electrons. The van der Waals surface area contributed by atoms with E-state index in [1.165, 1.54) is 5.06 Å². The molecule has 0 aliphatic carbocycles. The fourth-order valence-electron chi connectivity index (χ4n) is 1.95. The zero-order valence-electron chi connectivity index (χ0n) is 12.1. The van der Waals surface area contributed by atoms with Crippen LogP contribution in [0.3, 0.4) is 0 Å². The third-order valence-corrected chi connectivity index (χ3v) is 2.99. The van der Waals surface area contributed by atoms with Crippen LogP contribution in [0.15, 0.2) is 35.8 Å². The molecule has 1 aliphatic heterocycles. The van der Waals surface area contributed by atoms with Gasteiger partial charge in [0.2, 0.25) is 0 Å². The number of hydrogen-bond donors (Lipinski definition) is 2. The Bertz CT molecular complexity index is 541. The van der Waals surface area contributed by atoms with Crippen LogP contribution in [0.2, 0.25) is 0 Å². The molecule has 2 N–H and O–H groups in total. The summed E-state index contributed by atoms with van der Waals surface area (Å²) >= 11 is 0. The number of rotatable bonds is 5. The van der Waals surface area contributed by atoms with E-state index in [1.807, 2.05) is 0 Å². The van der Waals surface area contributed by atoms with E-state index in [1.54, 1.807) is 45.3 Å². The number of methoxy groups -OCH3 is 1. The van der Waals surface area contributed by atoms with Gasteiger partial charge in [0, 0.05) is 12.7 Å². The first kappa shape index (κ1) is 15.0. The topological polar surface area (TPSA) is 80.3 Å². The molecule has 0 aromatic heterocycles. The van der Waals surface area contributed by atoms with Gasteiger partial charge in [0.15, 0.2) is 11.7 Å². The molecule has 0 saturated carbocycles. The maximum Gasteiger partial charge on any atom is 0.363 e. The number of aliphatic hydroxyl groups excluding tert-OH is 1. The van der Waals surface area contributed by atoms with Crippen molar-refractivity contribution in [1.29, 1.82) is 0 Å². The van der Waals surface area contributed by atoms with Gasteiger partial charge in [0.25, 0.3) is 5.95 Å². The van der Waals surface area contributed by atoms with Crippen LogP contribution < -0.4 is 10.1 Å². The molecule has 1 atom stereocenters. The van der Waals surface area contributed by atoms with Gasteiger partial charge >= 0.3 is 5.97 Å². The second-order valence-corrected chi connectivity index (χ2v) is 4.35. The van der Waals surface area contributed by atoms with Crippen LogP contribution in [0, 0.1) is 0 Å². The summed E-state index contributed by atoms with van der Waals surface area (Å²) < 4.78 is 10.1. The minimum Gasteiger partial charge on any atom is -0.497 e. The van der Waals surface area contributed by atoms with Crippen molar-refractivity contribution in [3.8, 4) is 5.75 Å². The van der Waals surface area contributed by atoms with Crippen LogP contribution in [-0.4, -0.2) is 43.1 Å². The molecule has 1 fully saturated rings. The zero-order valence-corrected chi connectivity index (χ0v) is 12.1. The summed E-state index contributed by atoms with van der Waals surface area (Å²) in [5.74, 6) is -0.354. The lowest BCUT2D eigenvalue weighted by atomic mass is 10.2. The first-order valence-corrected chi connectivity index (χ1v) is 6.48. The number of anilines is 1. The SMILES string of the molecule is CCO/C(O)=C1\C(=O)ON(C)C1Nc1ccc(OC)cc1. The first-order chi connectivity index (χ1) is 10.1. The van der Waals surface area contributed by atoms with Crippen molar-refractivity contribution in [3.63, 3.8) is 0 Å². The van der Waals surface area contributed by atoms with Gasteiger partial charge in [-0.15, -0.1) is 5.06 Å². The van der Waals surface area contributed by atoms with Crippen molar-refractivity contribution in [2.24, 2.45) is 0 Å². The standard InChI is InChI=1S/C14H18N2O5/c1-4-20-13(17)11-12(16(2)21-14(11)18)15-9-5-7-10(19-3)8-6-9/h5-8,12,15,17H,4H2,1-3H3/b13-11-. The van der Waals surface area contributed by atoms with E-state index in [0.29, 0.717) is 0 Å². The van der Waals surface area contributed by atoms with Crippen molar-refractivity contribution in [1.82, 2.24) is 5.06 Å². The van der Waals surface area contributed by atoms with E-state index in [0.717, 1.165) is 11.4 Å². The Labute approximate surface area is 122 Å². The molecule has 1 aromatic carbocycles. The molecule has 1 unspecified atom stereocenters. The molecule has 7 nitrogen and oxygen atoms in total. The Balaban J connectivity index is 2.22. The summed E-state index contributed by atoms with van der Waals surface area (Å²) in [6.07, 6.45) is -0.641. The van der Waals surface area contributed by atoms with Crippen LogP contribution in [0.1, 0.15) is 6.92 Å². The predicted octanol–water partition coefficient (Wildman–Crippen LogP) is 1.64. The van der Waals surface area contributed by atoms with Crippen LogP contribution in [0.25, 0.3) is 0 Å². The van der Waals surface area contributed by atoms with Gasteiger partial charge in [-0.2, -0.15) is 0 Å². The molecular weight excluding hydrogens is 276 g/mol. The Hall–Kier alpha value is -2.41. The summed E-state index contributed by atoms with van der Waals surface area (Å²) in [6, 6.07) is 7.16. The molecule has 2 rings (SSSR count). The van der Waals surface area contributed by atoms with Crippen molar-refractivity contribution in [2.45, 2.75) is 13.1 Å². The number of hydrogen-bond acceptors (Lipinski definition) is 7. The molecule has 0 radical (unpaired) electrons. The molecule has 1 saturated heterocycles. The summed E-state index contributed by atoms with van der Waals surface area (Å²) in [4.78, 5) is 16.8. The highest BCUT2D eigenvalue weighted by atomic mass is 16.7. The number of nitrogens with zero attached hydrogens (tertiary/aromatic N) is 1. The third-order valence-electron chi connectivity index (χ3n) is 2.99. The fourth-order valence-corrected chi connectivity index (χ4v) is 1.95. The number of nitrogens with one attached hydrogen (secondary N) is 1. The quantitative estimate of drug-likeness (QED) is 0.631. The number of hydroxylamine groups is 2. The van der Waals surface area contributed by atoms with Gasteiger partial charge in [-0.3, -0.25) is 0 Å². The Kier molecular flexibility index (Phi) is 4.54. The lowest BCUT2D eigenvalue weighted by molar-refractivity contribution is -0.167. The molecular formula is C14H18N2O5. The van der Waals surface area contributed by atoms with Gasteiger partial charge in [0.05, 0.1) is 13.7 Å².